The van der Waals surface area contributed by atoms with Gasteiger partial charge in [0.15, 0.2) is 0 Å². The first-order valence-electron chi connectivity index (χ1n) is 10.7. The Morgan fingerprint density at radius 3 is 2.59 bits per heavy atom. The molecule has 0 fully saturated rings. The van der Waals surface area contributed by atoms with E-state index in [1.54, 1.807) is 6.07 Å². The molecule has 1 N–H and O–H groups in total. The number of aromatic nitrogens is 2. The lowest BCUT2D eigenvalue weighted by Gasteiger charge is -2.12. The van der Waals surface area contributed by atoms with Crippen LogP contribution < -0.4 is 5.32 Å². The Morgan fingerprint density at radius 1 is 1.00 bits per heavy atom. The first kappa shape index (κ1) is 22.4. The second-order valence-electron chi connectivity index (χ2n) is 7.90. The largest absolute Gasteiger partial charge is 0.356 e. The highest BCUT2D eigenvalue weighted by Gasteiger charge is 2.13. The Labute approximate surface area is 198 Å². The Morgan fingerprint density at radius 2 is 1.78 bits per heavy atom. The Bertz CT molecular complexity index is 1250. The number of carbonyl (C=O) groups is 1. The van der Waals surface area contributed by atoms with Gasteiger partial charge >= 0.3 is 0 Å². The number of halogens is 2. The molecule has 6 heteroatoms. The minimum atomic E-state index is 0.0424. The van der Waals surface area contributed by atoms with Crippen LogP contribution in [0.1, 0.15) is 28.9 Å². The molecule has 0 saturated carbocycles. The van der Waals surface area contributed by atoms with Crippen molar-refractivity contribution < 1.29 is 4.79 Å². The summed E-state index contributed by atoms with van der Waals surface area (Å²) in [6, 6.07) is 21.6. The number of nitrogens with zero attached hydrogens (tertiary/aromatic N) is 2. The number of aryl methyl sites for hydroxylation is 2. The van der Waals surface area contributed by atoms with Crippen molar-refractivity contribution in [2.45, 2.75) is 32.7 Å². The van der Waals surface area contributed by atoms with Crippen molar-refractivity contribution in [3.8, 4) is 0 Å². The summed E-state index contributed by atoms with van der Waals surface area (Å²) in [7, 11) is 0. The number of hydrogen-bond donors (Lipinski definition) is 1. The molecule has 4 rings (SSSR count). The molecule has 0 radical (unpaired) electrons. The van der Waals surface area contributed by atoms with Gasteiger partial charge in [0.1, 0.15) is 5.82 Å². The molecule has 1 heterocycles. The highest BCUT2D eigenvalue weighted by molar-refractivity contribution is 6.35. The van der Waals surface area contributed by atoms with Crippen molar-refractivity contribution in [2.75, 3.05) is 6.54 Å². The quantitative estimate of drug-likeness (QED) is 0.324. The fraction of sp³-hybridized carbons (Fsp3) is 0.231. The lowest BCUT2D eigenvalue weighted by atomic mass is 10.1. The first-order chi connectivity index (χ1) is 15.5. The van der Waals surface area contributed by atoms with Gasteiger partial charge in [-0.1, -0.05) is 65.7 Å². The van der Waals surface area contributed by atoms with Crippen LogP contribution in [-0.2, 0) is 24.2 Å². The zero-order valence-electron chi connectivity index (χ0n) is 17.9. The van der Waals surface area contributed by atoms with Gasteiger partial charge in [-0.05, 0) is 54.3 Å². The molecule has 0 saturated heterocycles. The molecule has 0 aliphatic carbocycles. The first-order valence-corrected chi connectivity index (χ1v) is 11.5. The number of benzene rings is 3. The van der Waals surface area contributed by atoms with Gasteiger partial charge in [0, 0.05) is 23.0 Å². The van der Waals surface area contributed by atoms with E-state index in [2.05, 4.69) is 16.0 Å². The summed E-state index contributed by atoms with van der Waals surface area (Å²) < 4.78 is 2.19. The van der Waals surface area contributed by atoms with E-state index >= 15 is 0 Å². The standard InChI is InChI=1S/C26H25Cl2N3O/c1-18-7-2-3-8-19(18)15-26(32)29-14-6-11-25-30-23-9-4-5-10-24(23)31(25)17-20-12-13-21(27)16-22(20)28/h2-5,7-10,12-13,16H,6,11,14-15,17H2,1H3,(H,29,32). The number of hydrogen-bond acceptors (Lipinski definition) is 2. The molecule has 0 atom stereocenters. The van der Waals surface area contributed by atoms with E-state index in [0.29, 0.717) is 29.6 Å². The van der Waals surface area contributed by atoms with E-state index in [1.807, 2.05) is 61.5 Å². The van der Waals surface area contributed by atoms with Crippen molar-refractivity contribution in [3.05, 3.63) is 99.3 Å². The van der Waals surface area contributed by atoms with Crippen LogP contribution in [0.4, 0.5) is 0 Å². The van der Waals surface area contributed by atoms with E-state index in [9.17, 15) is 4.79 Å². The minimum Gasteiger partial charge on any atom is -0.356 e. The highest BCUT2D eigenvalue weighted by Crippen LogP contribution is 2.25. The van der Waals surface area contributed by atoms with E-state index in [1.165, 1.54) is 0 Å². The third-order valence-electron chi connectivity index (χ3n) is 5.59. The molecule has 164 valence electrons. The number of amides is 1. The number of nitrogens with one attached hydrogen (secondary N) is 1. The zero-order valence-corrected chi connectivity index (χ0v) is 19.5. The number of para-hydroxylation sites is 2. The van der Waals surface area contributed by atoms with E-state index in [-0.39, 0.29) is 5.91 Å². The molecule has 1 amide bonds. The van der Waals surface area contributed by atoms with Crippen LogP contribution in [0.3, 0.4) is 0 Å². The maximum atomic E-state index is 12.3. The number of fused-ring (bicyclic) bond motifs is 1. The predicted molar refractivity (Wildman–Crippen MR) is 132 cm³/mol. The average molecular weight is 466 g/mol. The summed E-state index contributed by atoms with van der Waals surface area (Å²) >= 11 is 12.5. The smallest absolute Gasteiger partial charge is 0.224 e. The van der Waals surface area contributed by atoms with Gasteiger partial charge in [0.25, 0.3) is 0 Å². The SMILES string of the molecule is Cc1ccccc1CC(=O)NCCCc1nc2ccccc2n1Cc1ccc(Cl)cc1Cl. The fourth-order valence-electron chi connectivity index (χ4n) is 3.83. The molecule has 0 unspecified atom stereocenters. The lowest BCUT2D eigenvalue weighted by Crippen LogP contribution is -2.26. The van der Waals surface area contributed by atoms with E-state index in [4.69, 9.17) is 28.2 Å². The molecule has 32 heavy (non-hydrogen) atoms. The highest BCUT2D eigenvalue weighted by atomic mass is 35.5. The molecule has 0 aliphatic heterocycles. The van der Waals surface area contributed by atoms with Crippen molar-refractivity contribution in [1.82, 2.24) is 14.9 Å². The monoisotopic (exact) mass is 465 g/mol. The zero-order chi connectivity index (χ0) is 22.5. The van der Waals surface area contributed by atoms with Crippen LogP contribution >= 0.6 is 23.2 Å². The van der Waals surface area contributed by atoms with Crippen LogP contribution in [0.25, 0.3) is 11.0 Å². The van der Waals surface area contributed by atoms with Gasteiger partial charge < -0.3 is 9.88 Å². The summed E-state index contributed by atoms with van der Waals surface area (Å²) in [5.74, 6) is 1.02. The Kier molecular flexibility index (Phi) is 7.13. The van der Waals surface area contributed by atoms with Gasteiger partial charge in [-0.25, -0.2) is 4.98 Å². The predicted octanol–water partition coefficient (Wildman–Crippen LogP) is 5.99. The summed E-state index contributed by atoms with van der Waals surface area (Å²) in [4.78, 5) is 17.2. The summed E-state index contributed by atoms with van der Waals surface area (Å²) in [5, 5.41) is 4.30. The molecule has 4 nitrogen and oxygen atoms in total. The van der Waals surface area contributed by atoms with Gasteiger partial charge in [-0.2, -0.15) is 0 Å². The average Bonchev–Trinajstić information content (AvgIpc) is 3.12. The topological polar surface area (TPSA) is 46.9 Å². The van der Waals surface area contributed by atoms with Crippen molar-refractivity contribution >= 4 is 40.1 Å². The van der Waals surface area contributed by atoms with Crippen molar-refractivity contribution in [1.29, 1.82) is 0 Å². The van der Waals surface area contributed by atoms with Crippen molar-refractivity contribution in [2.24, 2.45) is 0 Å². The number of rotatable bonds is 8. The summed E-state index contributed by atoms with van der Waals surface area (Å²) in [6.07, 6.45) is 1.96. The lowest BCUT2D eigenvalue weighted by molar-refractivity contribution is -0.120. The molecule has 0 bridgehead atoms. The van der Waals surface area contributed by atoms with Crippen LogP contribution in [-0.4, -0.2) is 22.0 Å². The normalized spacial score (nSPS) is 11.1. The molecule has 4 aromatic rings. The van der Waals surface area contributed by atoms with Gasteiger partial charge in [-0.3, -0.25) is 4.79 Å². The maximum absolute atomic E-state index is 12.3. The second-order valence-corrected chi connectivity index (χ2v) is 8.74. The molecular formula is C26H25Cl2N3O. The van der Waals surface area contributed by atoms with Crippen LogP contribution in [0.5, 0.6) is 0 Å². The third-order valence-corrected chi connectivity index (χ3v) is 6.18. The number of imidazole rings is 1. The molecule has 3 aromatic carbocycles. The minimum absolute atomic E-state index is 0.0424. The van der Waals surface area contributed by atoms with Crippen molar-refractivity contribution in [3.63, 3.8) is 0 Å². The molecular weight excluding hydrogens is 441 g/mol. The van der Waals surface area contributed by atoms with E-state index < -0.39 is 0 Å². The summed E-state index contributed by atoms with van der Waals surface area (Å²) in [5.41, 5.74) is 5.21. The van der Waals surface area contributed by atoms with Gasteiger partial charge in [0.2, 0.25) is 5.91 Å². The van der Waals surface area contributed by atoms with Crippen LogP contribution in [0, 0.1) is 6.92 Å². The number of carbonyl (C=O) groups excluding carboxylic acids is 1. The second kappa shape index (κ2) is 10.2. The molecule has 0 spiro atoms. The summed E-state index contributed by atoms with van der Waals surface area (Å²) in [6.45, 7) is 3.25. The van der Waals surface area contributed by atoms with Crippen LogP contribution in [0.15, 0.2) is 66.7 Å². The Balaban J connectivity index is 1.42. The molecule has 1 aromatic heterocycles. The van der Waals surface area contributed by atoms with Crippen LogP contribution in [0.2, 0.25) is 10.0 Å². The Hall–Kier alpha value is -2.82. The maximum Gasteiger partial charge on any atom is 0.224 e. The third kappa shape index (κ3) is 5.32. The fourth-order valence-corrected chi connectivity index (χ4v) is 4.30. The van der Waals surface area contributed by atoms with Gasteiger partial charge in [-0.15, -0.1) is 0 Å². The molecule has 0 aliphatic rings. The van der Waals surface area contributed by atoms with Gasteiger partial charge in [0.05, 0.1) is 24.0 Å². The van der Waals surface area contributed by atoms with E-state index in [0.717, 1.165) is 46.4 Å².